The highest BCUT2D eigenvalue weighted by Crippen LogP contribution is 2.13. The third-order valence-corrected chi connectivity index (χ3v) is 2.78. The largest absolute Gasteiger partial charge is 0.361 e. The summed E-state index contributed by atoms with van der Waals surface area (Å²) in [4.78, 5) is 4.30. The quantitative estimate of drug-likeness (QED) is 0.406. The van der Waals surface area contributed by atoms with E-state index in [4.69, 9.17) is 5.53 Å². The first-order chi connectivity index (χ1) is 6.92. The van der Waals surface area contributed by atoms with Crippen molar-refractivity contribution in [2.24, 2.45) is 0 Å². The number of benzene rings is 1. The molecular weight excluding hydrogens is 192 g/mol. The molecule has 1 aromatic carbocycles. The summed E-state index contributed by atoms with van der Waals surface area (Å²) in [6.07, 6.45) is 0. The van der Waals surface area contributed by atoms with Crippen molar-refractivity contribution < 1.29 is 4.79 Å². The van der Waals surface area contributed by atoms with Crippen LogP contribution in [0.1, 0.15) is 10.4 Å². The molecule has 0 radical (unpaired) electrons. The highest BCUT2D eigenvalue weighted by molar-refractivity contribution is 7.12. The Labute approximate surface area is 86.1 Å². The zero-order valence-electron chi connectivity index (χ0n) is 7.42. The standard InChI is InChI=1S/C11H8N2S/c12-13-11(10-7-4-8-14-10)9-5-2-1-3-6-9/h1-8H. The Bertz CT molecular complexity index is 453. The maximum Gasteiger partial charge on any atom is 0.339 e. The fourth-order valence-electron chi connectivity index (χ4n) is 1.26. The van der Waals surface area contributed by atoms with Crippen molar-refractivity contribution in [1.82, 2.24) is 0 Å². The van der Waals surface area contributed by atoms with Crippen LogP contribution in [0, 0.1) is 0 Å². The minimum atomic E-state index is 0.626. The second kappa shape index (κ2) is 4.01. The van der Waals surface area contributed by atoms with Gasteiger partial charge in [0.05, 0.1) is 5.56 Å². The Morgan fingerprint density at radius 2 is 1.86 bits per heavy atom. The van der Waals surface area contributed by atoms with Gasteiger partial charge in [0, 0.05) is 0 Å². The SMILES string of the molecule is [N-]=[N+]=C(c1ccccc1)c1cccs1. The van der Waals surface area contributed by atoms with Gasteiger partial charge in [0.2, 0.25) is 0 Å². The second-order valence-electron chi connectivity index (χ2n) is 2.79. The van der Waals surface area contributed by atoms with Gasteiger partial charge in [-0.15, -0.1) is 11.3 Å². The molecule has 14 heavy (non-hydrogen) atoms. The molecule has 1 aromatic heterocycles. The number of rotatable bonds is 2. The van der Waals surface area contributed by atoms with Crippen molar-refractivity contribution in [3.05, 3.63) is 63.8 Å². The summed E-state index contributed by atoms with van der Waals surface area (Å²) >= 11 is 1.56. The van der Waals surface area contributed by atoms with Crippen LogP contribution in [-0.2, 0) is 0 Å². The van der Waals surface area contributed by atoms with E-state index in [1.54, 1.807) is 11.3 Å². The van der Waals surface area contributed by atoms with Crippen molar-refractivity contribution in [2.45, 2.75) is 0 Å². The Morgan fingerprint density at radius 1 is 1.07 bits per heavy atom. The molecule has 3 heteroatoms. The number of hydrogen-bond acceptors (Lipinski definition) is 1. The lowest BCUT2D eigenvalue weighted by Gasteiger charge is -1.91. The zero-order valence-corrected chi connectivity index (χ0v) is 8.24. The average molecular weight is 200 g/mol. The fraction of sp³-hybridized carbons (Fsp3) is 0. The van der Waals surface area contributed by atoms with Gasteiger partial charge in [0.15, 0.2) is 0 Å². The number of thiophene rings is 1. The molecule has 0 fully saturated rings. The molecular formula is C11H8N2S. The molecule has 1 heterocycles. The monoisotopic (exact) mass is 200 g/mol. The molecule has 0 bridgehead atoms. The summed E-state index contributed by atoms with van der Waals surface area (Å²) < 4.78 is 0. The number of nitrogens with zero attached hydrogens (tertiary/aromatic N) is 2. The van der Waals surface area contributed by atoms with Gasteiger partial charge >= 0.3 is 5.71 Å². The Kier molecular flexibility index (Phi) is 2.54. The molecule has 0 saturated carbocycles. The summed E-state index contributed by atoms with van der Waals surface area (Å²) in [6.45, 7) is 0. The van der Waals surface area contributed by atoms with E-state index < -0.39 is 0 Å². The first kappa shape index (κ1) is 8.88. The normalized spacial score (nSPS) is 9.43. The van der Waals surface area contributed by atoms with Crippen molar-refractivity contribution in [1.29, 1.82) is 0 Å². The molecule has 2 aromatic rings. The molecule has 0 amide bonds. The van der Waals surface area contributed by atoms with Gasteiger partial charge in [-0.05, 0) is 23.6 Å². The van der Waals surface area contributed by atoms with Crippen LogP contribution in [0.3, 0.4) is 0 Å². The topological polar surface area (TPSA) is 36.4 Å². The lowest BCUT2D eigenvalue weighted by Crippen LogP contribution is -2.01. The van der Waals surface area contributed by atoms with E-state index in [0.29, 0.717) is 5.71 Å². The zero-order chi connectivity index (χ0) is 9.80. The molecule has 0 N–H and O–H groups in total. The van der Waals surface area contributed by atoms with E-state index in [-0.39, 0.29) is 0 Å². The van der Waals surface area contributed by atoms with E-state index in [1.165, 1.54) is 0 Å². The maximum absolute atomic E-state index is 8.95. The van der Waals surface area contributed by atoms with Gasteiger partial charge in [-0.25, -0.2) is 0 Å². The number of hydrogen-bond donors (Lipinski definition) is 0. The molecule has 0 atom stereocenters. The summed E-state index contributed by atoms with van der Waals surface area (Å²) in [5.41, 5.74) is 10.5. The molecule has 0 aliphatic rings. The molecule has 0 saturated heterocycles. The molecule has 68 valence electrons. The smallest absolute Gasteiger partial charge is 0.339 e. The predicted molar refractivity (Wildman–Crippen MR) is 57.6 cm³/mol. The lowest BCUT2D eigenvalue weighted by molar-refractivity contribution is -0.00250. The van der Waals surface area contributed by atoms with E-state index in [1.807, 2.05) is 47.8 Å². The third kappa shape index (κ3) is 1.64. The van der Waals surface area contributed by atoms with Gasteiger partial charge in [0.25, 0.3) is 0 Å². The van der Waals surface area contributed by atoms with E-state index in [2.05, 4.69) is 4.79 Å². The van der Waals surface area contributed by atoms with Gasteiger partial charge in [-0.1, -0.05) is 24.3 Å². The maximum atomic E-state index is 8.95. The molecule has 0 spiro atoms. The van der Waals surface area contributed by atoms with Crippen molar-refractivity contribution in [3.8, 4) is 0 Å². The van der Waals surface area contributed by atoms with Gasteiger partial charge < -0.3 is 5.53 Å². The lowest BCUT2D eigenvalue weighted by atomic mass is 10.1. The fourth-order valence-corrected chi connectivity index (χ4v) is 1.99. The van der Waals surface area contributed by atoms with Crippen LogP contribution < -0.4 is 0 Å². The van der Waals surface area contributed by atoms with Crippen LogP contribution in [0.25, 0.3) is 5.53 Å². The van der Waals surface area contributed by atoms with Crippen LogP contribution in [0.5, 0.6) is 0 Å². The predicted octanol–water partition coefficient (Wildman–Crippen LogP) is 2.82. The van der Waals surface area contributed by atoms with Crippen LogP contribution in [0.2, 0.25) is 0 Å². The van der Waals surface area contributed by atoms with Gasteiger partial charge in [-0.3, -0.25) is 0 Å². The highest BCUT2D eigenvalue weighted by atomic mass is 32.1. The molecule has 2 nitrogen and oxygen atoms in total. The third-order valence-electron chi connectivity index (χ3n) is 1.90. The summed E-state index contributed by atoms with van der Waals surface area (Å²) in [6, 6.07) is 13.5. The van der Waals surface area contributed by atoms with Crippen molar-refractivity contribution >= 4 is 17.0 Å². The Morgan fingerprint density at radius 3 is 2.43 bits per heavy atom. The van der Waals surface area contributed by atoms with Crippen LogP contribution in [0.15, 0.2) is 47.8 Å². The van der Waals surface area contributed by atoms with Crippen LogP contribution >= 0.6 is 11.3 Å². The van der Waals surface area contributed by atoms with E-state index in [9.17, 15) is 0 Å². The van der Waals surface area contributed by atoms with Crippen molar-refractivity contribution in [2.75, 3.05) is 0 Å². The Hall–Kier alpha value is -1.70. The van der Waals surface area contributed by atoms with E-state index >= 15 is 0 Å². The Balaban J connectivity index is 2.48. The van der Waals surface area contributed by atoms with Crippen LogP contribution in [0.4, 0.5) is 0 Å². The first-order valence-corrected chi connectivity index (χ1v) is 5.11. The summed E-state index contributed by atoms with van der Waals surface area (Å²) in [5.74, 6) is 0. The molecule has 0 unspecified atom stereocenters. The molecule has 0 aliphatic heterocycles. The van der Waals surface area contributed by atoms with Gasteiger partial charge in [0.1, 0.15) is 4.88 Å². The van der Waals surface area contributed by atoms with Gasteiger partial charge in [-0.2, -0.15) is 4.79 Å². The first-order valence-electron chi connectivity index (χ1n) is 4.23. The van der Waals surface area contributed by atoms with Crippen molar-refractivity contribution in [3.63, 3.8) is 0 Å². The molecule has 2 rings (SSSR count). The van der Waals surface area contributed by atoms with E-state index in [0.717, 1.165) is 10.4 Å². The minimum absolute atomic E-state index is 0.626. The molecule has 0 aliphatic carbocycles. The minimum Gasteiger partial charge on any atom is -0.361 e. The summed E-state index contributed by atoms with van der Waals surface area (Å²) in [5, 5.41) is 1.96. The van der Waals surface area contributed by atoms with Crippen LogP contribution in [-0.4, -0.2) is 10.5 Å². The second-order valence-corrected chi connectivity index (χ2v) is 3.74. The summed E-state index contributed by atoms with van der Waals surface area (Å²) in [7, 11) is 0. The highest BCUT2D eigenvalue weighted by Gasteiger charge is 2.14. The average Bonchev–Trinajstić information content (AvgIpc) is 2.74.